The molecule has 0 spiro atoms. The molecule has 0 aromatic heterocycles. The maximum absolute atomic E-state index is 6.21. The third-order valence-electron chi connectivity index (χ3n) is 2.83. The fraction of sp³-hybridized carbons (Fsp3) is 0.385. The second-order valence-corrected chi connectivity index (χ2v) is 5.48. The molecule has 1 aliphatic carbocycles. The minimum atomic E-state index is 0.118. The van der Waals surface area contributed by atoms with Crippen molar-refractivity contribution < 1.29 is 0 Å². The van der Waals surface area contributed by atoms with Crippen LogP contribution in [-0.4, -0.2) is 5.38 Å². The Balaban J connectivity index is 2.38. The van der Waals surface area contributed by atoms with Gasteiger partial charge >= 0.3 is 0 Å². The zero-order valence-corrected chi connectivity index (χ0v) is 11.1. The van der Waals surface area contributed by atoms with Crippen molar-refractivity contribution >= 4 is 40.4 Å². The van der Waals surface area contributed by atoms with Crippen LogP contribution in [0, 0.1) is 0 Å². The van der Waals surface area contributed by atoms with Gasteiger partial charge in [0.25, 0.3) is 0 Å². The lowest BCUT2D eigenvalue weighted by atomic mass is 10.0. The molecule has 0 N–H and O–H groups in total. The van der Waals surface area contributed by atoms with Crippen LogP contribution in [0.15, 0.2) is 24.3 Å². The van der Waals surface area contributed by atoms with Crippen LogP contribution >= 0.6 is 34.8 Å². The largest absolute Gasteiger partial charge is 0.118 e. The molecular weight excluding hydrogens is 263 g/mol. The maximum atomic E-state index is 6.21. The van der Waals surface area contributed by atoms with Gasteiger partial charge < -0.3 is 0 Å². The number of hydrogen-bond donors (Lipinski definition) is 0. The van der Waals surface area contributed by atoms with Crippen molar-refractivity contribution in [2.24, 2.45) is 0 Å². The Hall–Kier alpha value is -0.170. The third-order valence-corrected chi connectivity index (χ3v) is 3.74. The molecule has 0 bridgehead atoms. The van der Waals surface area contributed by atoms with Gasteiger partial charge in [0.15, 0.2) is 0 Å². The van der Waals surface area contributed by atoms with E-state index in [1.807, 2.05) is 18.2 Å². The molecule has 1 atom stereocenters. The molecule has 0 saturated carbocycles. The molecule has 2 rings (SSSR count). The molecule has 1 aliphatic rings. The topological polar surface area (TPSA) is 0 Å². The number of halogens is 3. The minimum Gasteiger partial charge on any atom is -0.118 e. The highest BCUT2D eigenvalue weighted by Crippen LogP contribution is 2.33. The Kier molecular flexibility index (Phi) is 4.18. The van der Waals surface area contributed by atoms with E-state index in [4.69, 9.17) is 34.8 Å². The molecule has 0 amide bonds. The molecular formula is C13H13Cl3. The van der Waals surface area contributed by atoms with E-state index in [1.165, 1.54) is 12.0 Å². The maximum Gasteiger partial charge on any atom is 0.0521 e. The molecule has 1 unspecified atom stereocenters. The minimum absolute atomic E-state index is 0.118. The van der Waals surface area contributed by atoms with E-state index in [2.05, 4.69) is 6.08 Å². The third kappa shape index (κ3) is 2.94. The van der Waals surface area contributed by atoms with E-state index in [1.54, 1.807) is 0 Å². The predicted octanol–water partition coefficient (Wildman–Crippen LogP) is 5.56. The summed E-state index contributed by atoms with van der Waals surface area (Å²) in [5, 5.41) is 1.59. The first-order valence-corrected chi connectivity index (χ1v) is 6.66. The Bertz CT molecular complexity index is 410. The first-order valence-electron chi connectivity index (χ1n) is 5.47. The van der Waals surface area contributed by atoms with Crippen molar-refractivity contribution in [3.8, 4) is 0 Å². The SMILES string of the molecule is Clc1ccc(Cl)c(C2=CC(Cl)CCCC2)c1. The second-order valence-electron chi connectivity index (χ2n) is 4.08. The summed E-state index contributed by atoms with van der Waals surface area (Å²) in [5.41, 5.74) is 2.26. The first kappa shape index (κ1) is 12.3. The zero-order valence-electron chi connectivity index (χ0n) is 8.85. The molecule has 86 valence electrons. The van der Waals surface area contributed by atoms with Crippen molar-refractivity contribution in [2.75, 3.05) is 0 Å². The Labute approximate surface area is 111 Å². The molecule has 16 heavy (non-hydrogen) atoms. The van der Waals surface area contributed by atoms with Gasteiger partial charge in [0, 0.05) is 10.0 Å². The smallest absolute Gasteiger partial charge is 0.0521 e. The lowest BCUT2D eigenvalue weighted by Crippen LogP contribution is -1.92. The quantitative estimate of drug-likeness (QED) is 0.589. The molecule has 1 aromatic carbocycles. The fourth-order valence-corrected chi connectivity index (χ4v) is 2.73. The van der Waals surface area contributed by atoms with Gasteiger partial charge in [0.05, 0.1) is 5.38 Å². The molecule has 0 radical (unpaired) electrons. The van der Waals surface area contributed by atoms with Crippen LogP contribution < -0.4 is 0 Å². The predicted molar refractivity (Wildman–Crippen MR) is 72.5 cm³/mol. The summed E-state index contributed by atoms with van der Waals surface area (Å²) in [7, 11) is 0. The van der Waals surface area contributed by atoms with Gasteiger partial charge in [-0.1, -0.05) is 35.7 Å². The second kappa shape index (κ2) is 5.44. The first-order chi connectivity index (χ1) is 7.66. The number of alkyl halides is 1. The average Bonchev–Trinajstić information content (AvgIpc) is 2.46. The summed E-state index contributed by atoms with van der Waals surface area (Å²) in [6, 6.07) is 5.57. The van der Waals surface area contributed by atoms with Gasteiger partial charge in [-0.05, 0) is 48.6 Å². The summed E-state index contributed by atoms with van der Waals surface area (Å²) >= 11 is 18.4. The number of allylic oxidation sites excluding steroid dienone is 2. The summed E-state index contributed by atoms with van der Waals surface area (Å²) in [6.07, 6.45) is 6.53. The fourth-order valence-electron chi connectivity index (χ4n) is 2.01. The van der Waals surface area contributed by atoms with E-state index in [0.717, 1.165) is 34.9 Å². The number of hydrogen-bond acceptors (Lipinski definition) is 0. The normalized spacial score (nSPS) is 21.4. The van der Waals surface area contributed by atoms with E-state index in [9.17, 15) is 0 Å². The molecule has 0 heterocycles. The van der Waals surface area contributed by atoms with Gasteiger partial charge in [-0.3, -0.25) is 0 Å². The number of rotatable bonds is 1. The average molecular weight is 276 g/mol. The van der Waals surface area contributed by atoms with Gasteiger partial charge in [-0.2, -0.15) is 0 Å². The van der Waals surface area contributed by atoms with Gasteiger partial charge in [0.2, 0.25) is 0 Å². The molecule has 0 saturated heterocycles. The monoisotopic (exact) mass is 274 g/mol. The lowest BCUT2D eigenvalue weighted by Gasteiger charge is -2.09. The summed E-state index contributed by atoms with van der Waals surface area (Å²) in [6.45, 7) is 0. The van der Waals surface area contributed by atoms with Crippen LogP contribution in [0.5, 0.6) is 0 Å². The van der Waals surface area contributed by atoms with Gasteiger partial charge in [-0.25, -0.2) is 0 Å². The van der Waals surface area contributed by atoms with E-state index in [0.29, 0.717) is 0 Å². The Morgan fingerprint density at radius 2 is 1.94 bits per heavy atom. The Morgan fingerprint density at radius 1 is 1.12 bits per heavy atom. The lowest BCUT2D eigenvalue weighted by molar-refractivity contribution is 0.724. The van der Waals surface area contributed by atoms with Crippen LogP contribution in [0.25, 0.3) is 5.57 Å². The molecule has 1 aromatic rings. The van der Waals surface area contributed by atoms with E-state index < -0.39 is 0 Å². The number of benzene rings is 1. The van der Waals surface area contributed by atoms with Crippen molar-refractivity contribution in [1.29, 1.82) is 0 Å². The van der Waals surface area contributed by atoms with Crippen LogP contribution in [0.1, 0.15) is 31.2 Å². The highest BCUT2D eigenvalue weighted by molar-refractivity contribution is 6.34. The van der Waals surface area contributed by atoms with E-state index >= 15 is 0 Å². The molecule has 0 fully saturated rings. The summed E-state index contributed by atoms with van der Waals surface area (Å²) in [5.74, 6) is 0. The summed E-state index contributed by atoms with van der Waals surface area (Å²) < 4.78 is 0. The van der Waals surface area contributed by atoms with Crippen molar-refractivity contribution in [3.63, 3.8) is 0 Å². The van der Waals surface area contributed by atoms with Crippen molar-refractivity contribution in [2.45, 2.75) is 31.1 Å². The van der Waals surface area contributed by atoms with Crippen LogP contribution in [0.3, 0.4) is 0 Å². The van der Waals surface area contributed by atoms with Crippen LogP contribution in [0.2, 0.25) is 10.0 Å². The summed E-state index contributed by atoms with van der Waals surface area (Å²) in [4.78, 5) is 0. The van der Waals surface area contributed by atoms with Crippen molar-refractivity contribution in [3.05, 3.63) is 39.9 Å². The molecule has 3 heteroatoms. The Morgan fingerprint density at radius 3 is 2.75 bits per heavy atom. The van der Waals surface area contributed by atoms with E-state index in [-0.39, 0.29) is 5.38 Å². The standard InChI is InChI=1S/C13H13Cl3/c14-10-4-2-1-3-9(7-10)12-8-11(15)5-6-13(12)16/h5-8,10H,1-4H2. The highest BCUT2D eigenvalue weighted by atomic mass is 35.5. The molecule has 0 nitrogen and oxygen atoms in total. The van der Waals surface area contributed by atoms with Crippen LogP contribution in [0.4, 0.5) is 0 Å². The zero-order chi connectivity index (χ0) is 11.5. The van der Waals surface area contributed by atoms with Gasteiger partial charge in [0.1, 0.15) is 0 Å². The van der Waals surface area contributed by atoms with Crippen LogP contribution in [-0.2, 0) is 0 Å². The van der Waals surface area contributed by atoms with Crippen molar-refractivity contribution in [1.82, 2.24) is 0 Å². The molecule has 0 aliphatic heterocycles. The highest BCUT2D eigenvalue weighted by Gasteiger charge is 2.13. The van der Waals surface area contributed by atoms with Gasteiger partial charge in [-0.15, -0.1) is 11.6 Å².